The van der Waals surface area contributed by atoms with Crippen LogP contribution in [-0.4, -0.2) is 6.03 Å². The van der Waals surface area contributed by atoms with Crippen molar-refractivity contribution in [3.63, 3.8) is 0 Å². The van der Waals surface area contributed by atoms with Crippen LogP contribution < -0.4 is 10.6 Å². The Morgan fingerprint density at radius 3 is 2.24 bits per heavy atom. The van der Waals surface area contributed by atoms with E-state index in [1.165, 1.54) is 5.56 Å². The van der Waals surface area contributed by atoms with Crippen LogP contribution in [0.2, 0.25) is 5.02 Å². The fraction of sp³-hybridized carbons (Fsp3) is 0.235. The van der Waals surface area contributed by atoms with Gasteiger partial charge in [0.05, 0.1) is 5.54 Å². The van der Waals surface area contributed by atoms with Gasteiger partial charge in [-0.2, -0.15) is 0 Å². The Balaban J connectivity index is 1.67. The fourth-order valence-corrected chi connectivity index (χ4v) is 2.52. The number of urea groups is 1. The number of nitrogens with one attached hydrogen (secondary N) is 2. The van der Waals surface area contributed by atoms with E-state index in [1.807, 2.05) is 55.5 Å². The van der Waals surface area contributed by atoms with E-state index in [9.17, 15) is 4.79 Å². The molecule has 0 spiro atoms. The van der Waals surface area contributed by atoms with Crippen LogP contribution in [0.25, 0.3) is 0 Å². The van der Waals surface area contributed by atoms with E-state index in [-0.39, 0.29) is 11.6 Å². The van der Waals surface area contributed by atoms with Gasteiger partial charge in [-0.25, -0.2) is 4.79 Å². The molecule has 21 heavy (non-hydrogen) atoms. The molecule has 2 N–H and O–H groups in total. The standard InChI is InChI=1S/C17H17ClN2O/c1-12-2-8-15(9-3-12)19-16(21)20-17(10-11-17)13-4-6-14(18)7-5-13/h2-9H,10-11H2,1H3,(H2,19,20,21). The fourth-order valence-electron chi connectivity index (χ4n) is 2.40. The van der Waals surface area contributed by atoms with Gasteiger partial charge in [0.15, 0.2) is 0 Å². The Bertz CT molecular complexity index is 645. The van der Waals surface area contributed by atoms with Crippen molar-refractivity contribution >= 4 is 23.3 Å². The summed E-state index contributed by atoms with van der Waals surface area (Å²) >= 11 is 5.91. The van der Waals surface area contributed by atoms with Crippen LogP contribution in [0.5, 0.6) is 0 Å². The molecule has 1 aliphatic rings. The molecule has 0 unspecified atom stereocenters. The van der Waals surface area contributed by atoms with Gasteiger partial charge in [-0.3, -0.25) is 0 Å². The lowest BCUT2D eigenvalue weighted by Crippen LogP contribution is -2.38. The van der Waals surface area contributed by atoms with Crippen molar-refractivity contribution in [3.05, 3.63) is 64.7 Å². The minimum atomic E-state index is -0.237. The van der Waals surface area contributed by atoms with Crippen LogP contribution >= 0.6 is 11.6 Å². The highest BCUT2D eigenvalue weighted by molar-refractivity contribution is 6.30. The molecule has 0 saturated heterocycles. The predicted octanol–water partition coefficient (Wildman–Crippen LogP) is 4.46. The van der Waals surface area contributed by atoms with Gasteiger partial charge in [-0.05, 0) is 49.6 Å². The highest BCUT2D eigenvalue weighted by atomic mass is 35.5. The first-order valence-electron chi connectivity index (χ1n) is 6.99. The van der Waals surface area contributed by atoms with Gasteiger partial charge in [0.1, 0.15) is 0 Å². The zero-order chi connectivity index (χ0) is 14.9. The molecule has 2 aromatic rings. The van der Waals surface area contributed by atoms with Crippen molar-refractivity contribution in [1.29, 1.82) is 0 Å². The van der Waals surface area contributed by atoms with Crippen molar-refractivity contribution in [2.75, 3.05) is 5.32 Å². The second-order valence-corrected chi connectivity index (χ2v) is 5.97. The molecule has 108 valence electrons. The molecule has 0 atom stereocenters. The molecule has 1 aliphatic carbocycles. The summed E-state index contributed by atoms with van der Waals surface area (Å²) in [5.41, 5.74) is 2.83. The maximum Gasteiger partial charge on any atom is 0.319 e. The molecule has 0 aromatic heterocycles. The quantitative estimate of drug-likeness (QED) is 0.863. The SMILES string of the molecule is Cc1ccc(NC(=O)NC2(c3ccc(Cl)cc3)CC2)cc1. The average Bonchev–Trinajstić information content (AvgIpc) is 3.23. The van der Waals surface area contributed by atoms with E-state index in [0.717, 1.165) is 24.1 Å². The molecule has 0 heterocycles. The van der Waals surface area contributed by atoms with Crippen molar-refractivity contribution in [3.8, 4) is 0 Å². The highest BCUT2D eigenvalue weighted by Gasteiger charge is 2.45. The largest absolute Gasteiger partial charge is 0.328 e. The van der Waals surface area contributed by atoms with Crippen molar-refractivity contribution in [1.82, 2.24) is 5.32 Å². The van der Waals surface area contributed by atoms with Gasteiger partial charge in [0.2, 0.25) is 0 Å². The minimum Gasteiger partial charge on any atom is -0.328 e. The highest BCUT2D eigenvalue weighted by Crippen LogP contribution is 2.45. The smallest absolute Gasteiger partial charge is 0.319 e. The lowest BCUT2D eigenvalue weighted by atomic mass is 10.1. The first-order chi connectivity index (χ1) is 10.1. The van der Waals surface area contributed by atoms with E-state index >= 15 is 0 Å². The van der Waals surface area contributed by atoms with Crippen LogP contribution in [0.15, 0.2) is 48.5 Å². The second-order valence-electron chi connectivity index (χ2n) is 5.53. The molecule has 0 radical (unpaired) electrons. The maximum atomic E-state index is 12.1. The third kappa shape index (κ3) is 3.19. The number of amides is 2. The zero-order valence-electron chi connectivity index (χ0n) is 11.8. The summed E-state index contributed by atoms with van der Waals surface area (Å²) in [6.45, 7) is 2.02. The number of hydrogen-bond acceptors (Lipinski definition) is 1. The Labute approximate surface area is 129 Å². The molecule has 1 saturated carbocycles. The normalized spacial score (nSPS) is 15.3. The lowest BCUT2D eigenvalue weighted by Gasteiger charge is -2.18. The van der Waals surface area contributed by atoms with E-state index in [1.54, 1.807) is 0 Å². The van der Waals surface area contributed by atoms with Crippen molar-refractivity contribution in [2.24, 2.45) is 0 Å². The first kappa shape index (κ1) is 14.0. The number of hydrogen-bond donors (Lipinski definition) is 2. The van der Waals surface area contributed by atoms with Crippen LogP contribution in [0.1, 0.15) is 24.0 Å². The Morgan fingerprint density at radius 2 is 1.67 bits per heavy atom. The van der Waals surface area contributed by atoms with Crippen LogP contribution in [-0.2, 0) is 5.54 Å². The Hall–Kier alpha value is -2.00. The van der Waals surface area contributed by atoms with Gasteiger partial charge < -0.3 is 10.6 Å². The topological polar surface area (TPSA) is 41.1 Å². The van der Waals surface area contributed by atoms with Gasteiger partial charge >= 0.3 is 6.03 Å². The monoisotopic (exact) mass is 300 g/mol. The number of anilines is 1. The van der Waals surface area contributed by atoms with Crippen LogP contribution in [0, 0.1) is 6.92 Å². The minimum absolute atomic E-state index is 0.175. The van der Waals surface area contributed by atoms with Gasteiger partial charge in [0, 0.05) is 10.7 Å². The molecular weight excluding hydrogens is 284 g/mol. The molecule has 2 amide bonds. The van der Waals surface area contributed by atoms with E-state index < -0.39 is 0 Å². The number of benzene rings is 2. The molecule has 3 nitrogen and oxygen atoms in total. The van der Waals surface area contributed by atoms with E-state index in [4.69, 9.17) is 11.6 Å². The summed E-state index contributed by atoms with van der Waals surface area (Å²) in [6, 6.07) is 15.2. The summed E-state index contributed by atoms with van der Waals surface area (Å²) in [4.78, 5) is 12.1. The summed E-state index contributed by atoms with van der Waals surface area (Å²) < 4.78 is 0. The van der Waals surface area contributed by atoms with Crippen molar-refractivity contribution < 1.29 is 4.79 Å². The van der Waals surface area contributed by atoms with Crippen LogP contribution in [0.3, 0.4) is 0 Å². The predicted molar refractivity (Wildman–Crippen MR) is 85.7 cm³/mol. The molecule has 1 fully saturated rings. The van der Waals surface area contributed by atoms with Crippen molar-refractivity contribution in [2.45, 2.75) is 25.3 Å². The molecule has 0 aliphatic heterocycles. The molecule has 2 aromatic carbocycles. The van der Waals surface area contributed by atoms with Gasteiger partial charge in [0.25, 0.3) is 0 Å². The first-order valence-corrected chi connectivity index (χ1v) is 7.37. The second kappa shape index (κ2) is 5.41. The molecule has 4 heteroatoms. The molecular formula is C17H17ClN2O. The van der Waals surface area contributed by atoms with Gasteiger partial charge in [-0.15, -0.1) is 0 Å². The number of halogens is 1. The van der Waals surface area contributed by atoms with Crippen LogP contribution in [0.4, 0.5) is 10.5 Å². The lowest BCUT2D eigenvalue weighted by molar-refractivity contribution is 0.247. The molecule has 3 rings (SSSR count). The Kier molecular flexibility index (Phi) is 3.60. The Morgan fingerprint density at radius 1 is 1.05 bits per heavy atom. The summed E-state index contributed by atoms with van der Waals surface area (Å²) in [7, 11) is 0. The average molecular weight is 301 g/mol. The number of aryl methyl sites for hydroxylation is 1. The zero-order valence-corrected chi connectivity index (χ0v) is 12.6. The number of carbonyl (C=O) groups excluding carboxylic acids is 1. The maximum absolute atomic E-state index is 12.1. The van der Waals surface area contributed by atoms with Gasteiger partial charge in [-0.1, -0.05) is 41.4 Å². The summed E-state index contributed by atoms with van der Waals surface area (Å²) in [6.07, 6.45) is 1.91. The summed E-state index contributed by atoms with van der Waals surface area (Å²) in [5.74, 6) is 0. The molecule has 0 bridgehead atoms. The number of rotatable bonds is 3. The number of carbonyl (C=O) groups is 1. The van der Waals surface area contributed by atoms with E-state index in [2.05, 4.69) is 10.6 Å². The van der Waals surface area contributed by atoms with E-state index in [0.29, 0.717) is 5.02 Å². The third-order valence-electron chi connectivity index (χ3n) is 3.81. The third-order valence-corrected chi connectivity index (χ3v) is 4.06. The summed E-state index contributed by atoms with van der Waals surface area (Å²) in [5, 5.41) is 6.65.